The molecule has 1 aliphatic carbocycles. The van der Waals surface area contributed by atoms with Gasteiger partial charge in [0.25, 0.3) is 0 Å². The molecule has 2 fully saturated rings. The highest BCUT2D eigenvalue weighted by Crippen LogP contribution is 2.38. The molecule has 0 bridgehead atoms. The van der Waals surface area contributed by atoms with E-state index < -0.39 is 6.16 Å². The summed E-state index contributed by atoms with van der Waals surface area (Å²) in [7, 11) is 0. The Bertz CT molecular complexity index is 575. The zero-order chi connectivity index (χ0) is 19.6. The zero-order valence-corrected chi connectivity index (χ0v) is 17.4. The Morgan fingerprint density at radius 2 is 1.71 bits per heavy atom. The van der Waals surface area contributed by atoms with Crippen molar-refractivity contribution in [1.82, 2.24) is 0 Å². The Morgan fingerprint density at radius 3 is 2.39 bits per heavy atom. The maximum absolute atomic E-state index is 10.9. The molecule has 0 aromatic heterocycles. The standard InChI is InChI=1S/C24H36O4/c1-2-3-4-7-19-9-11-20(12-10-19)21-13-15-22(16-14-21)26-17-6-5-8-23-18-27-24(25)28-23/h13-16,19-20,23H,2-12,17-18H2,1H3. The van der Waals surface area contributed by atoms with Crippen LogP contribution in [0.15, 0.2) is 24.3 Å². The van der Waals surface area contributed by atoms with Crippen LogP contribution in [0.2, 0.25) is 0 Å². The van der Waals surface area contributed by atoms with Crippen LogP contribution in [0.1, 0.15) is 89.0 Å². The molecule has 0 radical (unpaired) electrons. The average Bonchev–Trinajstić information content (AvgIpc) is 3.14. The summed E-state index contributed by atoms with van der Waals surface area (Å²) < 4.78 is 15.7. The maximum Gasteiger partial charge on any atom is 0.508 e. The minimum absolute atomic E-state index is 0.0754. The Morgan fingerprint density at radius 1 is 0.964 bits per heavy atom. The van der Waals surface area contributed by atoms with Crippen molar-refractivity contribution in [2.75, 3.05) is 13.2 Å². The summed E-state index contributed by atoms with van der Waals surface area (Å²) in [5, 5.41) is 0. The highest BCUT2D eigenvalue weighted by Gasteiger charge is 2.24. The maximum atomic E-state index is 10.9. The number of hydrogen-bond acceptors (Lipinski definition) is 4. The van der Waals surface area contributed by atoms with E-state index in [2.05, 4.69) is 31.2 Å². The smallest absolute Gasteiger partial charge is 0.494 e. The van der Waals surface area contributed by atoms with Crippen LogP contribution in [0.4, 0.5) is 4.79 Å². The molecule has 1 aromatic carbocycles. The van der Waals surface area contributed by atoms with Crippen LogP contribution < -0.4 is 4.74 Å². The molecule has 28 heavy (non-hydrogen) atoms. The fraction of sp³-hybridized carbons (Fsp3) is 0.708. The quantitative estimate of drug-likeness (QED) is 0.315. The van der Waals surface area contributed by atoms with Gasteiger partial charge >= 0.3 is 6.16 Å². The van der Waals surface area contributed by atoms with Gasteiger partial charge in [-0.2, -0.15) is 0 Å². The molecule has 1 saturated heterocycles. The largest absolute Gasteiger partial charge is 0.508 e. The minimum atomic E-state index is -0.536. The van der Waals surface area contributed by atoms with Crippen LogP contribution in [0.5, 0.6) is 5.75 Å². The van der Waals surface area contributed by atoms with Gasteiger partial charge in [0, 0.05) is 0 Å². The van der Waals surface area contributed by atoms with E-state index in [9.17, 15) is 4.79 Å². The topological polar surface area (TPSA) is 44.8 Å². The van der Waals surface area contributed by atoms with Crippen molar-refractivity contribution in [3.8, 4) is 5.75 Å². The molecule has 1 heterocycles. The van der Waals surface area contributed by atoms with Crippen LogP contribution in [0.3, 0.4) is 0 Å². The predicted molar refractivity (Wildman–Crippen MR) is 111 cm³/mol. The third kappa shape index (κ3) is 6.72. The van der Waals surface area contributed by atoms with Crippen molar-refractivity contribution in [2.24, 2.45) is 5.92 Å². The van der Waals surface area contributed by atoms with Crippen LogP contribution in [-0.4, -0.2) is 25.5 Å². The molecule has 1 aromatic rings. The molecule has 0 amide bonds. The van der Waals surface area contributed by atoms with Gasteiger partial charge in [0.1, 0.15) is 18.5 Å². The number of carbonyl (C=O) groups is 1. The number of benzene rings is 1. The Balaban J connectivity index is 1.30. The molecule has 1 unspecified atom stereocenters. The third-order valence-electron chi connectivity index (χ3n) is 6.25. The summed E-state index contributed by atoms with van der Waals surface area (Å²) in [5.74, 6) is 2.64. The fourth-order valence-electron chi connectivity index (χ4n) is 4.48. The molecule has 0 N–H and O–H groups in total. The third-order valence-corrected chi connectivity index (χ3v) is 6.25. The normalized spacial score (nSPS) is 24.6. The molecule has 1 saturated carbocycles. The molecule has 3 rings (SSSR count). The molecule has 1 atom stereocenters. The predicted octanol–water partition coefficient (Wildman–Crippen LogP) is 6.63. The first-order valence-electron chi connectivity index (χ1n) is 11.3. The van der Waals surface area contributed by atoms with E-state index in [1.807, 2.05) is 0 Å². The van der Waals surface area contributed by atoms with E-state index in [0.717, 1.165) is 36.8 Å². The second kappa shape index (κ2) is 11.3. The van der Waals surface area contributed by atoms with Crippen LogP contribution in [0, 0.1) is 5.92 Å². The summed E-state index contributed by atoms with van der Waals surface area (Å²) >= 11 is 0. The van der Waals surface area contributed by atoms with E-state index in [4.69, 9.17) is 14.2 Å². The average molecular weight is 389 g/mol. The second-order valence-corrected chi connectivity index (χ2v) is 8.43. The lowest BCUT2D eigenvalue weighted by atomic mass is 9.77. The van der Waals surface area contributed by atoms with Gasteiger partial charge in [-0.15, -0.1) is 0 Å². The first kappa shape index (κ1) is 21.0. The SMILES string of the molecule is CCCCCC1CCC(c2ccc(OCCCCC3COC(=O)O3)cc2)CC1. The van der Waals surface area contributed by atoms with Gasteiger partial charge in [-0.1, -0.05) is 44.7 Å². The first-order valence-corrected chi connectivity index (χ1v) is 11.3. The lowest BCUT2D eigenvalue weighted by molar-refractivity contribution is 0.115. The Labute approximate surface area is 169 Å². The number of cyclic esters (lactones) is 2. The highest BCUT2D eigenvalue weighted by atomic mass is 16.8. The van der Waals surface area contributed by atoms with Gasteiger partial charge in [0.15, 0.2) is 0 Å². The van der Waals surface area contributed by atoms with Gasteiger partial charge in [0.05, 0.1) is 6.61 Å². The number of hydrogen-bond donors (Lipinski definition) is 0. The van der Waals surface area contributed by atoms with E-state index in [1.54, 1.807) is 0 Å². The van der Waals surface area contributed by atoms with Crippen molar-refractivity contribution < 1.29 is 19.0 Å². The number of unbranched alkanes of at least 4 members (excludes halogenated alkanes) is 3. The monoisotopic (exact) mass is 388 g/mol. The summed E-state index contributed by atoms with van der Waals surface area (Å²) in [5.41, 5.74) is 1.47. The van der Waals surface area contributed by atoms with Crippen molar-refractivity contribution in [2.45, 2.75) is 89.6 Å². The minimum Gasteiger partial charge on any atom is -0.494 e. The van der Waals surface area contributed by atoms with Crippen molar-refractivity contribution in [3.63, 3.8) is 0 Å². The van der Waals surface area contributed by atoms with Crippen LogP contribution in [-0.2, 0) is 9.47 Å². The molecular formula is C24H36O4. The summed E-state index contributed by atoms with van der Waals surface area (Å²) in [6.45, 7) is 3.37. The Hall–Kier alpha value is -1.71. The fourth-order valence-corrected chi connectivity index (χ4v) is 4.48. The zero-order valence-electron chi connectivity index (χ0n) is 17.4. The molecule has 156 valence electrons. The summed E-state index contributed by atoms with van der Waals surface area (Å²) in [4.78, 5) is 10.9. The van der Waals surface area contributed by atoms with E-state index in [0.29, 0.717) is 13.2 Å². The van der Waals surface area contributed by atoms with Crippen molar-refractivity contribution in [3.05, 3.63) is 29.8 Å². The Kier molecular flexibility index (Phi) is 8.50. The van der Waals surface area contributed by atoms with Gasteiger partial charge in [-0.05, 0) is 74.5 Å². The van der Waals surface area contributed by atoms with Gasteiger partial charge in [-0.25, -0.2) is 4.79 Å². The number of ether oxygens (including phenoxy) is 3. The lowest BCUT2D eigenvalue weighted by Gasteiger charge is -2.29. The van der Waals surface area contributed by atoms with Gasteiger partial charge < -0.3 is 14.2 Å². The molecular weight excluding hydrogens is 352 g/mol. The molecule has 0 spiro atoms. The highest BCUT2D eigenvalue weighted by molar-refractivity contribution is 5.61. The van der Waals surface area contributed by atoms with E-state index >= 15 is 0 Å². The van der Waals surface area contributed by atoms with E-state index in [1.165, 1.54) is 56.9 Å². The van der Waals surface area contributed by atoms with Crippen molar-refractivity contribution >= 4 is 6.16 Å². The molecule has 4 heteroatoms. The summed E-state index contributed by atoms with van der Waals surface area (Å²) in [6, 6.07) is 8.75. The summed E-state index contributed by atoms with van der Waals surface area (Å²) in [6.07, 6.45) is 13.2. The van der Waals surface area contributed by atoms with Gasteiger partial charge in [-0.3, -0.25) is 0 Å². The van der Waals surface area contributed by atoms with Crippen LogP contribution in [0.25, 0.3) is 0 Å². The molecule has 4 nitrogen and oxygen atoms in total. The van der Waals surface area contributed by atoms with E-state index in [-0.39, 0.29) is 6.10 Å². The van der Waals surface area contributed by atoms with Crippen molar-refractivity contribution in [1.29, 1.82) is 0 Å². The number of rotatable bonds is 11. The molecule has 2 aliphatic rings. The molecule has 1 aliphatic heterocycles. The lowest BCUT2D eigenvalue weighted by Crippen LogP contribution is -2.13. The van der Waals surface area contributed by atoms with Crippen LogP contribution >= 0.6 is 0 Å². The second-order valence-electron chi connectivity index (χ2n) is 8.43. The first-order chi connectivity index (χ1) is 13.7. The number of carbonyl (C=O) groups excluding carboxylic acids is 1. The van der Waals surface area contributed by atoms with Gasteiger partial charge in [0.2, 0.25) is 0 Å².